The smallest absolute Gasteiger partial charge is 0.260 e. The molecule has 1 amide bonds. The van der Waals surface area contributed by atoms with Gasteiger partial charge in [0, 0.05) is 13.1 Å². The Kier molecular flexibility index (Phi) is 7.55. The molecule has 6 heteroatoms. The summed E-state index contributed by atoms with van der Waals surface area (Å²) >= 11 is 6.88. The fourth-order valence-corrected chi connectivity index (χ4v) is 3.07. The molecule has 0 aliphatic heterocycles. The number of rotatable bonds is 7. The lowest BCUT2D eigenvalue weighted by molar-refractivity contribution is -0.127. The molecule has 0 aliphatic rings. The van der Waals surface area contributed by atoms with Crippen LogP contribution in [0.4, 0.5) is 0 Å². The zero-order chi connectivity index (χ0) is 15.1. The van der Waals surface area contributed by atoms with Crippen LogP contribution in [0.15, 0.2) is 21.1 Å². The normalized spacial score (nSPS) is 12.1. The summed E-state index contributed by atoms with van der Waals surface area (Å²) < 4.78 is 7.28. The molecule has 4 nitrogen and oxygen atoms in total. The van der Waals surface area contributed by atoms with Gasteiger partial charge < -0.3 is 15.8 Å². The largest absolute Gasteiger partial charge is 0.479 e. The van der Waals surface area contributed by atoms with Gasteiger partial charge in [-0.3, -0.25) is 4.79 Å². The fourth-order valence-electron chi connectivity index (χ4n) is 1.61. The van der Waals surface area contributed by atoms with Crippen molar-refractivity contribution in [1.29, 1.82) is 0 Å². The lowest BCUT2D eigenvalue weighted by Gasteiger charge is -2.17. The molecule has 1 aromatic rings. The Bertz CT molecular complexity index is 443. The zero-order valence-corrected chi connectivity index (χ0v) is 14.9. The van der Waals surface area contributed by atoms with Crippen LogP contribution >= 0.6 is 31.9 Å². The molecule has 0 aliphatic carbocycles. The number of carbonyl (C=O) groups excluding carboxylic acids is 1. The highest BCUT2D eigenvalue weighted by molar-refractivity contribution is 9.11. The predicted molar refractivity (Wildman–Crippen MR) is 87.7 cm³/mol. The van der Waals surface area contributed by atoms with Gasteiger partial charge in [0.05, 0.1) is 8.95 Å². The molecule has 1 rings (SSSR count). The number of benzene rings is 1. The van der Waals surface area contributed by atoms with E-state index in [2.05, 4.69) is 44.1 Å². The number of halogens is 2. The van der Waals surface area contributed by atoms with Crippen LogP contribution in [0.5, 0.6) is 5.75 Å². The van der Waals surface area contributed by atoms with Crippen molar-refractivity contribution in [2.24, 2.45) is 5.73 Å². The van der Waals surface area contributed by atoms with Crippen molar-refractivity contribution in [2.45, 2.75) is 39.3 Å². The van der Waals surface area contributed by atoms with Crippen LogP contribution in [0.25, 0.3) is 0 Å². The third-order valence-corrected chi connectivity index (χ3v) is 3.97. The highest BCUT2D eigenvalue weighted by Gasteiger charge is 2.17. The standard InChI is InChI=1S/C14H20Br2N2O2/c1-3-4-5-18-14(19)9(2)20-13-11(15)6-10(8-17)7-12(13)16/h6-7,9H,3-5,8,17H2,1-2H3,(H,18,19). The number of nitrogens with two attached hydrogens (primary N) is 1. The molecule has 0 saturated heterocycles. The summed E-state index contributed by atoms with van der Waals surface area (Å²) in [5.74, 6) is 0.500. The maximum atomic E-state index is 11.9. The van der Waals surface area contributed by atoms with E-state index in [9.17, 15) is 4.79 Å². The Balaban J connectivity index is 2.70. The lowest BCUT2D eigenvalue weighted by Crippen LogP contribution is -2.36. The molecule has 1 unspecified atom stereocenters. The highest BCUT2D eigenvalue weighted by Crippen LogP contribution is 2.35. The molecule has 1 atom stereocenters. The van der Waals surface area contributed by atoms with E-state index in [0.29, 0.717) is 18.8 Å². The van der Waals surface area contributed by atoms with Crippen molar-refractivity contribution in [3.05, 3.63) is 26.6 Å². The van der Waals surface area contributed by atoms with Gasteiger partial charge in [-0.15, -0.1) is 0 Å². The first-order valence-electron chi connectivity index (χ1n) is 6.62. The van der Waals surface area contributed by atoms with E-state index >= 15 is 0 Å². The minimum Gasteiger partial charge on any atom is -0.479 e. The van der Waals surface area contributed by atoms with Crippen molar-refractivity contribution in [3.63, 3.8) is 0 Å². The van der Waals surface area contributed by atoms with Crippen molar-refractivity contribution < 1.29 is 9.53 Å². The Labute approximate surface area is 136 Å². The Morgan fingerprint density at radius 2 is 2.00 bits per heavy atom. The lowest BCUT2D eigenvalue weighted by atomic mass is 10.2. The van der Waals surface area contributed by atoms with E-state index < -0.39 is 6.10 Å². The number of carbonyl (C=O) groups is 1. The average molecular weight is 408 g/mol. The van der Waals surface area contributed by atoms with Gasteiger partial charge in [0.2, 0.25) is 0 Å². The minimum atomic E-state index is -0.553. The van der Waals surface area contributed by atoms with Crippen LogP contribution < -0.4 is 15.8 Å². The summed E-state index contributed by atoms with van der Waals surface area (Å²) in [6.45, 7) is 4.94. The second-order valence-electron chi connectivity index (χ2n) is 4.50. The number of ether oxygens (including phenoxy) is 1. The predicted octanol–water partition coefficient (Wildman–Crippen LogP) is 3.35. The number of unbranched alkanes of at least 4 members (excludes halogenated alkanes) is 1. The van der Waals surface area contributed by atoms with Crippen molar-refractivity contribution >= 4 is 37.8 Å². The second kappa shape index (κ2) is 8.64. The first-order valence-corrected chi connectivity index (χ1v) is 8.20. The Morgan fingerprint density at radius 1 is 1.40 bits per heavy atom. The van der Waals surface area contributed by atoms with Crippen LogP contribution in [0.1, 0.15) is 32.3 Å². The van der Waals surface area contributed by atoms with Crippen LogP contribution in [0.2, 0.25) is 0 Å². The van der Waals surface area contributed by atoms with E-state index in [1.807, 2.05) is 12.1 Å². The van der Waals surface area contributed by atoms with Gasteiger partial charge in [-0.1, -0.05) is 13.3 Å². The Morgan fingerprint density at radius 3 is 2.50 bits per heavy atom. The SMILES string of the molecule is CCCCNC(=O)C(C)Oc1c(Br)cc(CN)cc1Br. The van der Waals surface area contributed by atoms with Gasteiger partial charge in [-0.2, -0.15) is 0 Å². The van der Waals surface area contributed by atoms with Crippen LogP contribution in [0.3, 0.4) is 0 Å². The Hall–Kier alpha value is -0.590. The maximum absolute atomic E-state index is 11.9. The molecule has 0 saturated carbocycles. The average Bonchev–Trinajstić information content (AvgIpc) is 2.42. The molecule has 0 fully saturated rings. The topological polar surface area (TPSA) is 64.3 Å². The molecule has 0 bridgehead atoms. The summed E-state index contributed by atoms with van der Waals surface area (Å²) in [4.78, 5) is 11.9. The number of nitrogens with one attached hydrogen (secondary N) is 1. The second-order valence-corrected chi connectivity index (χ2v) is 6.21. The van der Waals surface area contributed by atoms with Gasteiger partial charge in [-0.25, -0.2) is 0 Å². The first kappa shape index (κ1) is 17.5. The molecule has 0 radical (unpaired) electrons. The first-order chi connectivity index (χ1) is 9.49. The van der Waals surface area contributed by atoms with Crippen LogP contribution in [0, 0.1) is 0 Å². The monoisotopic (exact) mass is 406 g/mol. The van der Waals surface area contributed by atoms with E-state index in [-0.39, 0.29) is 5.91 Å². The fraction of sp³-hybridized carbons (Fsp3) is 0.500. The van der Waals surface area contributed by atoms with Crippen molar-refractivity contribution in [1.82, 2.24) is 5.32 Å². The van der Waals surface area contributed by atoms with Crippen molar-refractivity contribution in [3.8, 4) is 5.75 Å². The summed E-state index contributed by atoms with van der Waals surface area (Å²) in [6, 6.07) is 3.78. The summed E-state index contributed by atoms with van der Waals surface area (Å²) in [7, 11) is 0. The van der Waals surface area contributed by atoms with Gasteiger partial charge in [-0.05, 0) is 62.9 Å². The molecule has 0 heterocycles. The zero-order valence-electron chi connectivity index (χ0n) is 11.7. The van der Waals surface area contributed by atoms with E-state index in [1.54, 1.807) is 6.92 Å². The quantitative estimate of drug-likeness (QED) is 0.681. The van der Waals surface area contributed by atoms with Gasteiger partial charge in [0.1, 0.15) is 5.75 Å². The van der Waals surface area contributed by atoms with E-state index in [0.717, 1.165) is 27.4 Å². The maximum Gasteiger partial charge on any atom is 0.260 e. The van der Waals surface area contributed by atoms with Gasteiger partial charge >= 0.3 is 0 Å². The van der Waals surface area contributed by atoms with Crippen molar-refractivity contribution in [2.75, 3.05) is 6.54 Å². The van der Waals surface area contributed by atoms with E-state index in [1.165, 1.54) is 0 Å². The third kappa shape index (κ3) is 5.07. The van der Waals surface area contributed by atoms with Crippen LogP contribution in [-0.4, -0.2) is 18.6 Å². The van der Waals surface area contributed by atoms with E-state index in [4.69, 9.17) is 10.5 Å². The molecule has 1 aromatic carbocycles. The summed E-state index contributed by atoms with van der Waals surface area (Å²) in [5, 5.41) is 2.85. The summed E-state index contributed by atoms with van der Waals surface area (Å²) in [6.07, 6.45) is 1.47. The molecule has 112 valence electrons. The molecule has 0 spiro atoms. The van der Waals surface area contributed by atoms with Crippen LogP contribution in [-0.2, 0) is 11.3 Å². The number of amides is 1. The molecule has 0 aromatic heterocycles. The van der Waals surface area contributed by atoms with Gasteiger partial charge in [0.15, 0.2) is 6.10 Å². The summed E-state index contributed by atoms with van der Waals surface area (Å²) in [5.41, 5.74) is 6.59. The highest BCUT2D eigenvalue weighted by atomic mass is 79.9. The van der Waals surface area contributed by atoms with Gasteiger partial charge in [0.25, 0.3) is 5.91 Å². The molecular formula is C14H20Br2N2O2. The number of hydrogen-bond donors (Lipinski definition) is 2. The number of hydrogen-bond acceptors (Lipinski definition) is 3. The molecule has 20 heavy (non-hydrogen) atoms. The molecular weight excluding hydrogens is 388 g/mol. The third-order valence-electron chi connectivity index (χ3n) is 2.79. The molecule has 3 N–H and O–H groups in total. The minimum absolute atomic E-state index is 0.111.